The van der Waals surface area contributed by atoms with Crippen LogP contribution >= 0.6 is 10.7 Å². The highest BCUT2D eigenvalue weighted by Gasteiger charge is 2.16. The Balaban J connectivity index is 2.77. The molecule has 0 aliphatic carbocycles. The molecule has 0 aromatic heterocycles. The largest absolute Gasteiger partial charge is 0.460 e. The van der Waals surface area contributed by atoms with Crippen molar-refractivity contribution in [1.82, 2.24) is 0 Å². The van der Waals surface area contributed by atoms with Crippen LogP contribution < -0.4 is 0 Å². The second kappa shape index (κ2) is 7.06. The van der Waals surface area contributed by atoms with Crippen LogP contribution in [0.25, 0.3) is 0 Å². The number of carbonyl (C=O) groups excluding carboxylic acids is 1. The summed E-state index contributed by atoms with van der Waals surface area (Å²) in [6, 6.07) is 4.07. The SMILES string of the molecule is Cc1ccc(S(=O)(=O)Cl)cc1C(=O)OCCOC(C)C. The highest BCUT2D eigenvalue weighted by Crippen LogP contribution is 2.19. The molecule has 0 aliphatic rings. The van der Waals surface area contributed by atoms with E-state index < -0.39 is 15.0 Å². The number of aryl methyl sites for hydroxylation is 1. The average Bonchev–Trinajstić information content (AvgIpc) is 2.33. The third kappa shape index (κ3) is 5.11. The van der Waals surface area contributed by atoms with E-state index in [0.717, 1.165) is 0 Å². The molecular weight excluding hydrogens is 304 g/mol. The van der Waals surface area contributed by atoms with Gasteiger partial charge in [0.05, 0.1) is 23.2 Å². The Kier molecular flexibility index (Phi) is 5.98. The van der Waals surface area contributed by atoms with Gasteiger partial charge in [-0.25, -0.2) is 13.2 Å². The van der Waals surface area contributed by atoms with Crippen molar-refractivity contribution in [2.24, 2.45) is 0 Å². The second-order valence-corrected chi connectivity index (χ2v) is 7.04. The van der Waals surface area contributed by atoms with Gasteiger partial charge in [0, 0.05) is 10.7 Å². The summed E-state index contributed by atoms with van der Waals surface area (Å²) in [4.78, 5) is 11.7. The number of hydrogen-bond donors (Lipinski definition) is 0. The van der Waals surface area contributed by atoms with Gasteiger partial charge in [-0.15, -0.1) is 0 Å². The highest BCUT2D eigenvalue weighted by molar-refractivity contribution is 8.13. The van der Waals surface area contributed by atoms with Gasteiger partial charge < -0.3 is 9.47 Å². The van der Waals surface area contributed by atoms with Gasteiger partial charge in [0.2, 0.25) is 0 Å². The molecule has 0 radical (unpaired) electrons. The molecule has 0 saturated heterocycles. The maximum absolute atomic E-state index is 11.9. The molecule has 0 bridgehead atoms. The molecule has 5 nitrogen and oxygen atoms in total. The van der Waals surface area contributed by atoms with E-state index in [1.165, 1.54) is 18.2 Å². The van der Waals surface area contributed by atoms with Crippen LogP contribution in [0.4, 0.5) is 0 Å². The molecule has 0 fully saturated rings. The van der Waals surface area contributed by atoms with Crippen LogP contribution in [0.2, 0.25) is 0 Å². The van der Waals surface area contributed by atoms with E-state index >= 15 is 0 Å². The fourth-order valence-electron chi connectivity index (χ4n) is 1.47. The Hall–Kier alpha value is -1.11. The van der Waals surface area contributed by atoms with Crippen LogP contribution in [0.3, 0.4) is 0 Å². The molecule has 1 rings (SSSR count). The molecule has 20 heavy (non-hydrogen) atoms. The van der Waals surface area contributed by atoms with E-state index in [1.807, 2.05) is 13.8 Å². The molecular formula is C13H17ClO5S. The van der Waals surface area contributed by atoms with Crippen molar-refractivity contribution in [3.8, 4) is 0 Å². The summed E-state index contributed by atoms with van der Waals surface area (Å²) >= 11 is 0. The minimum Gasteiger partial charge on any atom is -0.460 e. The predicted molar refractivity (Wildman–Crippen MR) is 75.6 cm³/mol. The quantitative estimate of drug-likeness (QED) is 0.457. The summed E-state index contributed by atoms with van der Waals surface area (Å²) in [5, 5.41) is 0. The fourth-order valence-corrected chi connectivity index (χ4v) is 2.25. The molecule has 1 aromatic carbocycles. The number of carbonyl (C=O) groups is 1. The Bertz CT molecular complexity index is 580. The maximum atomic E-state index is 11.9. The van der Waals surface area contributed by atoms with E-state index in [0.29, 0.717) is 5.56 Å². The number of esters is 1. The third-order valence-electron chi connectivity index (χ3n) is 2.48. The molecule has 0 saturated carbocycles. The van der Waals surface area contributed by atoms with Gasteiger partial charge in [0.15, 0.2) is 0 Å². The minimum absolute atomic E-state index is 0.0557. The van der Waals surface area contributed by atoms with Crippen LogP contribution in [0.15, 0.2) is 23.1 Å². The Morgan fingerprint density at radius 1 is 1.30 bits per heavy atom. The lowest BCUT2D eigenvalue weighted by Crippen LogP contribution is -2.14. The van der Waals surface area contributed by atoms with Crippen molar-refractivity contribution in [3.63, 3.8) is 0 Å². The van der Waals surface area contributed by atoms with Gasteiger partial charge in [-0.2, -0.15) is 0 Å². The highest BCUT2D eigenvalue weighted by atomic mass is 35.7. The number of ether oxygens (including phenoxy) is 2. The summed E-state index contributed by atoms with van der Waals surface area (Å²) < 4.78 is 32.8. The van der Waals surface area contributed by atoms with Crippen LogP contribution in [-0.4, -0.2) is 33.7 Å². The number of halogens is 1. The van der Waals surface area contributed by atoms with Gasteiger partial charge in [-0.3, -0.25) is 0 Å². The molecule has 112 valence electrons. The Labute approximate surface area is 123 Å². The second-order valence-electron chi connectivity index (χ2n) is 4.47. The first-order valence-corrected chi connectivity index (χ1v) is 8.37. The molecule has 0 amide bonds. The van der Waals surface area contributed by atoms with E-state index in [4.69, 9.17) is 20.2 Å². The fraction of sp³-hybridized carbons (Fsp3) is 0.462. The summed E-state index contributed by atoms with van der Waals surface area (Å²) in [6.07, 6.45) is 0.0557. The average molecular weight is 321 g/mol. The van der Waals surface area contributed by atoms with E-state index in [1.54, 1.807) is 6.92 Å². The molecule has 0 heterocycles. The summed E-state index contributed by atoms with van der Waals surface area (Å²) in [5.41, 5.74) is 0.792. The number of hydrogen-bond acceptors (Lipinski definition) is 5. The molecule has 0 spiro atoms. The Morgan fingerprint density at radius 3 is 2.50 bits per heavy atom. The third-order valence-corrected chi connectivity index (χ3v) is 3.83. The monoisotopic (exact) mass is 320 g/mol. The summed E-state index contributed by atoms with van der Waals surface area (Å²) in [7, 11) is 1.38. The number of benzene rings is 1. The van der Waals surface area contributed by atoms with Crippen LogP contribution in [-0.2, 0) is 18.5 Å². The van der Waals surface area contributed by atoms with Gasteiger partial charge in [0.1, 0.15) is 6.61 Å². The lowest BCUT2D eigenvalue weighted by atomic mass is 10.1. The normalized spacial score (nSPS) is 11.7. The van der Waals surface area contributed by atoms with E-state index in [2.05, 4.69) is 0 Å². The zero-order valence-corrected chi connectivity index (χ0v) is 13.1. The zero-order chi connectivity index (χ0) is 15.3. The molecule has 0 N–H and O–H groups in total. The van der Waals surface area contributed by atoms with Crippen molar-refractivity contribution in [1.29, 1.82) is 0 Å². The topological polar surface area (TPSA) is 69.7 Å². The predicted octanol–water partition coefficient (Wildman–Crippen LogP) is 2.50. The van der Waals surface area contributed by atoms with Crippen LogP contribution in [0, 0.1) is 6.92 Å². The molecule has 0 unspecified atom stereocenters. The van der Waals surface area contributed by atoms with Crippen LogP contribution in [0.5, 0.6) is 0 Å². The first-order valence-electron chi connectivity index (χ1n) is 6.06. The smallest absolute Gasteiger partial charge is 0.338 e. The summed E-state index contributed by atoms with van der Waals surface area (Å²) in [5.74, 6) is -0.600. The molecule has 7 heteroatoms. The van der Waals surface area contributed by atoms with Crippen molar-refractivity contribution in [3.05, 3.63) is 29.3 Å². The van der Waals surface area contributed by atoms with Crippen molar-refractivity contribution >= 4 is 25.7 Å². The van der Waals surface area contributed by atoms with Gasteiger partial charge >= 0.3 is 5.97 Å². The van der Waals surface area contributed by atoms with Gasteiger partial charge in [-0.1, -0.05) is 6.07 Å². The maximum Gasteiger partial charge on any atom is 0.338 e. The van der Waals surface area contributed by atoms with E-state index in [9.17, 15) is 13.2 Å². The molecule has 1 aromatic rings. The zero-order valence-electron chi connectivity index (χ0n) is 11.6. The van der Waals surface area contributed by atoms with E-state index in [-0.39, 0.29) is 29.8 Å². The van der Waals surface area contributed by atoms with Crippen molar-refractivity contribution in [2.75, 3.05) is 13.2 Å². The van der Waals surface area contributed by atoms with Gasteiger partial charge in [-0.05, 0) is 38.5 Å². The van der Waals surface area contributed by atoms with Gasteiger partial charge in [0.25, 0.3) is 9.05 Å². The first-order chi connectivity index (χ1) is 9.21. The molecule has 0 atom stereocenters. The first kappa shape index (κ1) is 16.9. The minimum atomic E-state index is -3.87. The van der Waals surface area contributed by atoms with Crippen molar-refractivity contribution in [2.45, 2.75) is 31.8 Å². The summed E-state index contributed by atoms with van der Waals surface area (Å²) in [6.45, 7) is 5.83. The lowest BCUT2D eigenvalue weighted by Gasteiger charge is -2.10. The number of rotatable bonds is 6. The van der Waals surface area contributed by atoms with Crippen LogP contribution in [0.1, 0.15) is 29.8 Å². The lowest BCUT2D eigenvalue weighted by molar-refractivity contribution is 0.0176. The standard InChI is InChI=1S/C13H17ClO5S/c1-9(2)18-6-7-19-13(15)12-8-11(20(14,16)17)5-4-10(12)3/h4-5,8-9H,6-7H2,1-3H3. The molecule has 0 aliphatic heterocycles. The Morgan fingerprint density at radius 2 is 1.95 bits per heavy atom. The van der Waals surface area contributed by atoms with Crippen molar-refractivity contribution < 1.29 is 22.7 Å².